The molecular weight excluding hydrogens is 234 g/mol. The monoisotopic (exact) mass is 257 g/mol. The fraction of sp³-hybridized carbons (Fsp3) is 0.500. The fourth-order valence-electron chi connectivity index (χ4n) is 3.14. The lowest BCUT2D eigenvalue weighted by molar-refractivity contribution is 0.260. The molecule has 3 heteroatoms. The van der Waals surface area contributed by atoms with Gasteiger partial charge < -0.3 is 10.3 Å². The van der Waals surface area contributed by atoms with Gasteiger partial charge in [0.05, 0.1) is 0 Å². The largest absolute Gasteiger partial charge is 0.361 e. The van der Waals surface area contributed by atoms with E-state index >= 15 is 0 Å². The average molecular weight is 257 g/mol. The molecule has 2 N–H and O–H groups in total. The van der Waals surface area contributed by atoms with Crippen molar-refractivity contribution in [1.29, 1.82) is 0 Å². The molecule has 102 valence electrons. The van der Waals surface area contributed by atoms with Gasteiger partial charge in [-0.2, -0.15) is 0 Å². The van der Waals surface area contributed by atoms with Crippen LogP contribution in [0.25, 0.3) is 10.9 Å². The molecule has 1 unspecified atom stereocenters. The van der Waals surface area contributed by atoms with Gasteiger partial charge in [0.25, 0.3) is 0 Å². The second-order valence-electron chi connectivity index (χ2n) is 5.45. The van der Waals surface area contributed by atoms with Crippen LogP contribution >= 0.6 is 0 Å². The number of likely N-dealkylation sites (tertiary alicyclic amines) is 1. The third kappa shape index (κ3) is 2.82. The molecule has 2 aromatic rings. The molecule has 3 nitrogen and oxygen atoms in total. The lowest BCUT2D eigenvalue weighted by atomic mass is 10.1. The van der Waals surface area contributed by atoms with Crippen LogP contribution in [-0.4, -0.2) is 35.6 Å². The summed E-state index contributed by atoms with van der Waals surface area (Å²) in [6.07, 6.45) is 4.70. The molecule has 0 radical (unpaired) electrons. The first kappa shape index (κ1) is 12.7. The van der Waals surface area contributed by atoms with Crippen LogP contribution < -0.4 is 5.32 Å². The first-order valence-electron chi connectivity index (χ1n) is 7.37. The molecule has 0 amide bonds. The molecule has 1 aromatic carbocycles. The molecule has 19 heavy (non-hydrogen) atoms. The van der Waals surface area contributed by atoms with Crippen molar-refractivity contribution >= 4 is 10.9 Å². The number of fused-ring (bicyclic) bond motifs is 1. The molecular formula is C16H23N3. The van der Waals surface area contributed by atoms with Gasteiger partial charge in [-0.15, -0.1) is 0 Å². The summed E-state index contributed by atoms with van der Waals surface area (Å²) >= 11 is 0. The Balaban J connectivity index is 1.54. The van der Waals surface area contributed by atoms with Crippen molar-refractivity contribution in [1.82, 2.24) is 15.2 Å². The van der Waals surface area contributed by atoms with Crippen molar-refractivity contribution in [3.8, 4) is 0 Å². The molecule has 0 bridgehead atoms. The van der Waals surface area contributed by atoms with E-state index in [1.54, 1.807) is 0 Å². The minimum absolute atomic E-state index is 0.737. The van der Waals surface area contributed by atoms with Gasteiger partial charge in [-0.25, -0.2) is 0 Å². The molecule has 1 aliphatic heterocycles. The summed E-state index contributed by atoms with van der Waals surface area (Å²) in [5.74, 6) is 0. The number of nitrogens with one attached hydrogen (secondary N) is 2. The molecule has 1 aliphatic rings. The molecule has 1 saturated heterocycles. The smallest absolute Gasteiger partial charge is 0.0454 e. The van der Waals surface area contributed by atoms with Gasteiger partial charge in [-0.1, -0.05) is 13.0 Å². The Hall–Kier alpha value is -1.32. The van der Waals surface area contributed by atoms with Crippen LogP contribution in [0.15, 0.2) is 30.5 Å². The van der Waals surface area contributed by atoms with Crippen LogP contribution in [0.4, 0.5) is 0 Å². The van der Waals surface area contributed by atoms with Gasteiger partial charge >= 0.3 is 0 Å². The minimum Gasteiger partial charge on any atom is -0.361 e. The van der Waals surface area contributed by atoms with Gasteiger partial charge in [0.1, 0.15) is 0 Å². The number of aromatic amines is 1. The Morgan fingerprint density at radius 3 is 3.21 bits per heavy atom. The first-order chi connectivity index (χ1) is 9.36. The van der Waals surface area contributed by atoms with E-state index < -0.39 is 0 Å². The topological polar surface area (TPSA) is 31.1 Å². The lowest BCUT2D eigenvalue weighted by Gasteiger charge is -2.23. The van der Waals surface area contributed by atoms with Crippen molar-refractivity contribution in [3.05, 3.63) is 36.0 Å². The lowest BCUT2D eigenvalue weighted by Crippen LogP contribution is -2.37. The zero-order chi connectivity index (χ0) is 13.1. The Bertz CT molecular complexity index is 532. The van der Waals surface area contributed by atoms with E-state index in [2.05, 4.69) is 46.4 Å². The van der Waals surface area contributed by atoms with E-state index in [4.69, 9.17) is 0 Å². The maximum atomic E-state index is 3.61. The molecule has 1 aromatic heterocycles. The van der Waals surface area contributed by atoms with Crippen molar-refractivity contribution in [2.45, 2.75) is 32.4 Å². The highest BCUT2D eigenvalue weighted by atomic mass is 15.2. The fourth-order valence-corrected chi connectivity index (χ4v) is 3.14. The minimum atomic E-state index is 0.737. The highest BCUT2D eigenvalue weighted by Gasteiger charge is 2.21. The highest BCUT2D eigenvalue weighted by molar-refractivity contribution is 5.79. The van der Waals surface area contributed by atoms with E-state index in [1.165, 1.54) is 42.4 Å². The quantitative estimate of drug-likeness (QED) is 0.863. The van der Waals surface area contributed by atoms with Crippen molar-refractivity contribution in [3.63, 3.8) is 0 Å². The standard InChI is InChI=1S/C16H23N3/c1-2-19-9-3-4-15(19)12-17-11-13-5-6-16-14(10-13)7-8-18-16/h5-8,10,15,17-18H,2-4,9,11-12H2,1H3. The second kappa shape index (κ2) is 5.76. The first-order valence-corrected chi connectivity index (χ1v) is 7.37. The van der Waals surface area contributed by atoms with E-state index in [-0.39, 0.29) is 0 Å². The van der Waals surface area contributed by atoms with E-state index in [1.807, 2.05) is 6.20 Å². The molecule has 0 spiro atoms. The number of hydrogen-bond acceptors (Lipinski definition) is 2. The van der Waals surface area contributed by atoms with Crippen molar-refractivity contribution in [2.24, 2.45) is 0 Å². The van der Waals surface area contributed by atoms with Gasteiger partial charge in [0.15, 0.2) is 0 Å². The predicted molar refractivity (Wildman–Crippen MR) is 80.3 cm³/mol. The second-order valence-corrected chi connectivity index (χ2v) is 5.45. The molecule has 2 heterocycles. The summed E-state index contributed by atoms with van der Waals surface area (Å²) in [6, 6.07) is 9.51. The zero-order valence-corrected chi connectivity index (χ0v) is 11.7. The van der Waals surface area contributed by atoms with Gasteiger partial charge in [0, 0.05) is 30.8 Å². The van der Waals surface area contributed by atoms with E-state index in [0.717, 1.165) is 19.1 Å². The van der Waals surface area contributed by atoms with E-state index in [0.29, 0.717) is 0 Å². The summed E-state index contributed by atoms with van der Waals surface area (Å²) < 4.78 is 0. The van der Waals surface area contributed by atoms with Crippen LogP contribution in [-0.2, 0) is 6.54 Å². The van der Waals surface area contributed by atoms with Crippen LogP contribution in [0.5, 0.6) is 0 Å². The zero-order valence-electron chi connectivity index (χ0n) is 11.7. The molecule has 3 rings (SSSR count). The van der Waals surface area contributed by atoms with Crippen LogP contribution in [0.3, 0.4) is 0 Å². The maximum Gasteiger partial charge on any atom is 0.0454 e. The number of H-pyrrole nitrogens is 1. The maximum absolute atomic E-state index is 3.61. The number of benzene rings is 1. The van der Waals surface area contributed by atoms with Crippen molar-refractivity contribution < 1.29 is 0 Å². The average Bonchev–Trinajstić information content (AvgIpc) is 3.06. The van der Waals surface area contributed by atoms with E-state index in [9.17, 15) is 0 Å². The Kier molecular flexibility index (Phi) is 3.85. The Labute approximate surface area is 115 Å². The Morgan fingerprint density at radius 1 is 1.37 bits per heavy atom. The molecule has 0 saturated carbocycles. The Morgan fingerprint density at radius 2 is 2.32 bits per heavy atom. The van der Waals surface area contributed by atoms with Gasteiger partial charge in [-0.05, 0) is 55.1 Å². The normalized spacial score (nSPS) is 20.4. The molecule has 1 fully saturated rings. The number of hydrogen-bond donors (Lipinski definition) is 2. The summed E-state index contributed by atoms with van der Waals surface area (Å²) in [5.41, 5.74) is 2.59. The van der Waals surface area contributed by atoms with Crippen LogP contribution in [0.1, 0.15) is 25.3 Å². The van der Waals surface area contributed by atoms with Crippen LogP contribution in [0, 0.1) is 0 Å². The predicted octanol–water partition coefficient (Wildman–Crippen LogP) is 2.74. The number of aromatic nitrogens is 1. The number of likely N-dealkylation sites (N-methyl/N-ethyl adjacent to an activating group) is 1. The van der Waals surface area contributed by atoms with Crippen molar-refractivity contribution in [2.75, 3.05) is 19.6 Å². The van der Waals surface area contributed by atoms with Crippen LogP contribution in [0.2, 0.25) is 0 Å². The SMILES string of the molecule is CCN1CCCC1CNCc1ccc2[nH]ccc2c1. The molecule has 1 atom stereocenters. The summed E-state index contributed by atoms with van der Waals surface area (Å²) in [5, 5.41) is 4.91. The van der Waals surface area contributed by atoms with Gasteiger partial charge in [0.2, 0.25) is 0 Å². The number of rotatable bonds is 5. The summed E-state index contributed by atoms with van der Waals surface area (Å²) in [4.78, 5) is 5.82. The third-order valence-corrected chi connectivity index (χ3v) is 4.23. The van der Waals surface area contributed by atoms with Gasteiger partial charge in [-0.3, -0.25) is 4.90 Å². The third-order valence-electron chi connectivity index (χ3n) is 4.23. The summed E-state index contributed by atoms with van der Waals surface area (Å²) in [7, 11) is 0. The number of nitrogens with zero attached hydrogens (tertiary/aromatic N) is 1. The highest BCUT2D eigenvalue weighted by Crippen LogP contribution is 2.16. The molecule has 0 aliphatic carbocycles. The summed E-state index contributed by atoms with van der Waals surface area (Å²) in [6.45, 7) is 6.80.